The second kappa shape index (κ2) is 8.48. The molecule has 2 fully saturated rings. The summed E-state index contributed by atoms with van der Waals surface area (Å²) in [5.74, 6) is 0.142. The summed E-state index contributed by atoms with van der Waals surface area (Å²) in [6, 6.07) is 10.5. The maximum absolute atomic E-state index is 12.6. The SMILES string of the molecule is O=C(CCC(=O)N1CCCC1Cc1ccccc1)N1CCC(O)CC1. The highest BCUT2D eigenvalue weighted by molar-refractivity contribution is 5.84. The average Bonchev–Trinajstić information content (AvgIpc) is 3.09. The molecule has 0 saturated carbocycles. The summed E-state index contributed by atoms with van der Waals surface area (Å²) in [5.41, 5.74) is 1.26. The molecule has 1 atom stereocenters. The molecule has 5 heteroatoms. The molecule has 2 aliphatic rings. The van der Waals surface area contributed by atoms with E-state index < -0.39 is 0 Å². The van der Waals surface area contributed by atoms with Crippen LogP contribution in [0.1, 0.15) is 44.1 Å². The van der Waals surface area contributed by atoms with Crippen LogP contribution in [0, 0.1) is 0 Å². The fourth-order valence-corrected chi connectivity index (χ4v) is 3.89. The fraction of sp³-hybridized carbons (Fsp3) is 0.600. The number of piperidine rings is 1. The van der Waals surface area contributed by atoms with Gasteiger partial charge in [0.25, 0.3) is 0 Å². The molecule has 5 nitrogen and oxygen atoms in total. The third kappa shape index (κ3) is 4.82. The summed E-state index contributed by atoms with van der Waals surface area (Å²) in [5, 5.41) is 9.52. The van der Waals surface area contributed by atoms with Gasteiger partial charge in [-0.15, -0.1) is 0 Å². The molecule has 3 rings (SSSR count). The standard InChI is InChI=1S/C20H28N2O3/c23-18-10-13-21(14-11-18)19(24)8-9-20(25)22-12-4-7-17(22)15-16-5-2-1-3-6-16/h1-3,5-6,17-18,23H,4,7-15H2. The number of likely N-dealkylation sites (tertiary alicyclic amines) is 2. The lowest BCUT2D eigenvalue weighted by Crippen LogP contribution is -2.41. The third-order valence-electron chi connectivity index (χ3n) is 5.38. The minimum absolute atomic E-state index is 0.0408. The topological polar surface area (TPSA) is 60.9 Å². The third-order valence-corrected chi connectivity index (χ3v) is 5.38. The number of aliphatic hydroxyl groups is 1. The van der Waals surface area contributed by atoms with Crippen molar-refractivity contribution >= 4 is 11.8 Å². The van der Waals surface area contributed by atoms with Crippen LogP contribution >= 0.6 is 0 Å². The lowest BCUT2D eigenvalue weighted by molar-refractivity contribution is -0.138. The minimum atomic E-state index is -0.283. The monoisotopic (exact) mass is 344 g/mol. The van der Waals surface area contributed by atoms with Crippen LogP contribution in [0.2, 0.25) is 0 Å². The van der Waals surface area contributed by atoms with E-state index in [1.807, 2.05) is 23.1 Å². The van der Waals surface area contributed by atoms with Gasteiger partial charge < -0.3 is 14.9 Å². The molecule has 2 heterocycles. The lowest BCUT2D eigenvalue weighted by atomic mass is 10.0. The summed E-state index contributed by atoms with van der Waals surface area (Å²) >= 11 is 0. The zero-order valence-electron chi connectivity index (χ0n) is 14.8. The number of amides is 2. The molecule has 1 aromatic carbocycles. The average molecular weight is 344 g/mol. The fourth-order valence-electron chi connectivity index (χ4n) is 3.89. The van der Waals surface area contributed by atoms with Crippen molar-refractivity contribution in [3.8, 4) is 0 Å². The molecule has 2 amide bonds. The van der Waals surface area contributed by atoms with Crippen LogP contribution in [0.25, 0.3) is 0 Å². The quantitative estimate of drug-likeness (QED) is 0.888. The second-order valence-electron chi connectivity index (χ2n) is 7.18. The van der Waals surface area contributed by atoms with Crippen molar-refractivity contribution in [1.29, 1.82) is 0 Å². The van der Waals surface area contributed by atoms with Gasteiger partial charge in [-0.05, 0) is 37.7 Å². The highest BCUT2D eigenvalue weighted by Gasteiger charge is 2.29. The molecular weight excluding hydrogens is 316 g/mol. The predicted molar refractivity (Wildman–Crippen MR) is 95.9 cm³/mol. The van der Waals surface area contributed by atoms with Gasteiger partial charge in [-0.1, -0.05) is 30.3 Å². The highest BCUT2D eigenvalue weighted by Crippen LogP contribution is 2.22. The first-order valence-corrected chi connectivity index (χ1v) is 9.42. The Hall–Kier alpha value is -1.88. The van der Waals surface area contributed by atoms with Gasteiger partial charge in [0.1, 0.15) is 0 Å². The molecule has 1 aromatic rings. The van der Waals surface area contributed by atoms with E-state index in [9.17, 15) is 14.7 Å². The molecule has 2 aliphatic heterocycles. The number of rotatable bonds is 5. The molecular formula is C20H28N2O3. The minimum Gasteiger partial charge on any atom is -0.393 e. The van der Waals surface area contributed by atoms with Gasteiger partial charge in [0.2, 0.25) is 11.8 Å². The Morgan fingerprint density at radius 2 is 1.64 bits per heavy atom. The van der Waals surface area contributed by atoms with Crippen LogP contribution in [-0.2, 0) is 16.0 Å². The van der Waals surface area contributed by atoms with Crippen LogP contribution in [-0.4, -0.2) is 58.5 Å². The van der Waals surface area contributed by atoms with Gasteiger partial charge in [-0.2, -0.15) is 0 Å². The van der Waals surface area contributed by atoms with E-state index in [2.05, 4.69) is 12.1 Å². The van der Waals surface area contributed by atoms with E-state index in [-0.39, 0.29) is 30.4 Å². The first kappa shape index (κ1) is 17.9. The molecule has 0 aliphatic carbocycles. The van der Waals surface area contributed by atoms with E-state index in [1.54, 1.807) is 4.90 Å². The molecule has 136 valence electrons. The largest absolute Gasteiger partial charge is 0.393 e. The second-order valence-corrected chi connectivity index (χ2v) is 7.18. The Labute approximate surface area is 149 Å². The van der Waals surface area contributed by atoms with E-state index >= 15 is 0 Å². The zero-order chi connectivity index (χ0) is 17.6. The van der Waals surface area contributed by atoms with E-state index in [4.69, 9.17) is 0 Å². The van der Waals surface area contributed by atoms with Crippen molar-refractivity contribution in [3.63, 3.8) is 0 Å². The molecule has 0 aromatic heterocycles. The molecule has 0 radical (unpaired) electrons. The predicted octanol–water partition coefficient (Wildman–Crippen LogP) is 1.98. The van der Waals surface area contributed by atoms with Gasteiger partial charge in [0, 0.05) is 38.5 Å². The number of carbonyl (C=O) groups is 2. The first-order valence-electron chi connectivity index (χ1n) is 9.42. The Kier molecular flexibility index (Phi) is 6.08. The number of aliphatic hydroxyl groups excluding tert-OH is 1. The number of benzene rings is 1. The maximum atomic E-state index is 12.6. The van der Waals surface area contributed by atoms with Crippen molar-refractivity contribution in [3.05, 3.63) is 35.9 Å². The Morgan fingerprint density at radius 1 is 0.960 bits per heavy atom. The van der Waals surface area contributed by atoms with Crippen LogP contribution < -0.4 is 0 Å². The van der Waals surface area contributed by atoms with Crippen LogP contribution in [0.5, 0.6) is 0 Å². The number of carbonyl (C=O) groups excluding carboxylic acids is 2. The Balaban J connectivity index is 1.47. The van der Waals surface area contributed by atoms with Gasteiger partial charge in [-0.25, -0.2) is 0 Å². The Morgan fingerprint density at radius 3 is 2.36 bits per heavy atom. The van der Waals surface area contributed by atoms with Crippen molar-refractivity contribution in [1.82, 2.24) is 9.80 Å². The van der Waals surface area contributed by atoms with Gasteiger partial charge in [0.15, 0.2) is 0 Å². The van der Waals surface area contributed by atoms with E-state index in [0.29, 0.717) is 32.4 Å². The van der Waals surface area contributed by atoms with E-state index in [1.165, 1.54) is 5.56 Å². The van der Waals surface area contributed by atoms with Gasteiger partial charge in [0.05, 0.1) is 6.10 Å². The molecule has 1 unspecified atom stereocenters. The summed E-state index contributed by atoms with van der Waals surface area (Å²) in [7, 11) is 0. The highest BCUT2D eigenvalue weighted by atomic mass is 16.3. The molecule has 25 heavy (non-hydrogen) atoms. The van der Waals surface area contributed by atoms with Crippen molar-refractivity contribution in [2.75, 3.05) is 19.6 Å². The van der Waals surface area contributed by atoms with Crippen LogP contribution in [0.4, 0.5) is 0 Å². The van der Waals surface area contributed by atoms with Gasteiger partial charge in [-0.3, -0.25) is 9.59 Å². The number of hydrogen-bond acceptors (Lipinski definition) is 3. The number of hydrogen-bond donors (Lipinski definition) is 1. The van der Waals surface area contributed by atoms with Crippen molar-refractivity contribution < 1.29 is 14.7 Å². The summed E-state index contributed by atoms with van der Waals surface area (Å²) in [6.45, 7) is 2.02. The maximum Gasteiger partial charge on any atom is 0.223 e. The summed E-state index contributed by atoms with van der Waals surface area (Å²) in [6.07, 6.45) is 4.56. The molecule has 1 N–H and O–H groups in total. The van der Waals surface area contributed by atoms with Crippen molar-refractivity contribution in [2.45, 2.75) is 57.1 Å². The lowest BCUT2D eigenvalue weighted by Gasteiger charge is -2.30. The molecule has 0 bridgehead atoms. The van der Waals surface area contributed by atoms with Crippen LogP contribution in [0.15, 0.2) is 30.3 Å². The molecule has 2 saturated heterocycles. The van der Waals surface area contributed by atoms with Crippen LogP contribution in [0.3, 0.4) is 0 Å². The normalized spacial score (nSPS) is 21.6. The van der Waals surface area contributed by atoms with Gasteiger partial charge >= 0.3 is 0 Å². The first-order chi connectivity index (χ1) is 12.1. The number of nitrogens with zero attached hydrogens (tertiary/aromatic N) is 2. The molecule has 0 spiro atoms. The van der Waals surface area contributed by atoms with E-state index in [0.717, 1.165) is 25.8 Å². The smallest absolute Gasteiger partial charge is 0.223 e. The zero-order valence-corrected chi connectivity index (χ0v) is 14.8. The van der Waals surface area contributed by atoms with Crippen molar-refractivity contribution in [2.24, 2.45) is 0 Å². The Bertz CT molecular complexity index is 582. The summed E-state index contributed by atoms with van der Waals surface area (Å²) < 4.78 is 0. The summed E-state index contributed by atoms with van der Waals surface area (Å²) in [4.78, 5) is 28.6.